The molecule has 5 nitrogen and oxygen atoms in total. The average Bonchev–Trinajstić information content (AvgIpc) is 2.46. The molecule has 0 aliphatic carbocycles. The van der Waals surface area contributed by atoms with E-state index in [9.17, 15) is 4.79 Å². The highest BCUT2D eigenvalue weighted by atomic mass is 79.9. The third-order valence-corrected chi connectivity index (χ3v) is 3.43. The Morgan fingerprint density at radius 3 is 2.70 bits per heavy atom. The Morgan fingerprint density at radius 2 is 2.10 bits per heavy atom. The molecule has 20 heavy (non-hydrogen) atoms. The van der Waals surface area contributed by atoms with Crippen molar-refractivity contribution >= 4 is 37.5 Å². The van der Waals surface area contributed by atoms with Gasteiger partial charge in [-0.05, 0) is 49.9 Å². The number of H-pyrrole nitrogens is 1. The van der Waals surface area contributed by atoms with Crippen LogP contribution in [0.5, 0.6) is 11.6 Å². The number of hydrogen-bond acceptors (Lipinski definition) is 4. The maximum Gasteiger partial charge on any atom is 0.267 e. The lowest BCUT2D eigenvalue weighted by atomic mass is 10.1. The van der Waals surface area contributed by atoms with Crippen LogP contribution >= 0.6 is 31.9 Å². The van der Waals surface area contributed by atoms with E-state index in [1.54, 1.807) is 0 Å². The molecule has 0 atom stereocenters. The second kappa shape index (κ2) is 5.97. The zero-order valence-electron chi connectivity index (χ0n) is 16.8. The van der Waals surface area contributed by atoms with Gasteiger partial charge in [-0.25, -0.2) is 5.10 Å². The molecule has 3 N–H and O–H groups in total. The number of rotatable bonds is 3. The summed E-state index contributed by atoms with van der Waals surface area (Å²) >= 11 is 6.46. The monoisotopic (exact) mass is 408 g/mol. The van der Waals surface area contributed by atoms with Crippen molar-refractivity contribution in [2.24, 2.45) is 0 Å². The van der Waals surface area contributed by atoms with E-state index in [1.807, 2.05) is 5.10 Å². The van der Waals surface area contributed by atoms with Gasteiger partial charge in [0.15, 0.2) is 5.75 Å². The number of hydrogen-bond donors (Lipinski definition) is 2. The molecule has 2 aromatic rings. The molecular formula is C13H13Br2N3O2. The Hall–Kier alpha value is -1.34. The summed E-state index contributed by atoms with van der Waals surface area (Å²) in [5.41, 5.74) is 4.27. The molecular weight excluding hydrogens is 390 g/mol. The second-order valence-electron chi connectivity index (χ2n) is 3.75. The first-order valence-corrected chi connectivity index (χ1v) is 6.83. The molecule has 0 saturated carbocycles. The summed E-state index contributed by atoms with van der Waals surface area (Å²) < 4.78 is 59.5. The molecule has 0 bridgehead atoms. The number of nitrogens with one attached hydrogen (secondary N) is 1. The minimum atomic E-state index is -3.05. The molecule has 0 spiro atoms. The Balaban J connectivity index is 2.64. The van der Waals surface area contributed by atoms with Crippen molar-refractivity contribution in [3.8, 4) is 11.6 Å². The number of ether oxygens (including phenoxy) is 1. The van der Waals surface area contributed by atoms with Gasteiger partial charge in [0.1, 0.15) is 0 Å². The van der Waals surface area contributed by atoms with Crippen LogP contribution in [-0.2, 0) is 0 Å². The molecule has 0 aliphatic rings. The van der Waals surface area contributed by atoms with Crippen molar-refractivity contribution in [3.63, 3.8) is 0 Å². The summed E-state index contributed by atoms with van der Waals surface area (Å²) in [5.74, 6) is -2.48. The van der Waals surface area contributed by atoms with Gasteiger partial charge in [-0.3, -0.25) is 4.79 Å². The Morgan fingerprint density at radius 1 is 1.45 bits per heavy atom. The number of benzene rings is 1. The Kier molecular flexibility index (Phi) is 2.44. The lowest BCUT2D eigenvalue weighted by molar-refractivity contribution is 0.447. The fraction of sp³-hybridized carbons (Fsp3) is 0.231. The molecule has 2 rings (SSSR count). The van der Waals surface area contributed by atoms with Gasteiger partial charge >= 0.3 is 0 Å². The number of aromatic nitrogens is 2. The van der Waals surface area contributed by atoms with Gasteiger partial charge in [0.2, 0.25) is 5.88 Å². The van der Waals surface area contributed by atoms with Crippen LogP contribution in [0.2, 0.25) is 0 Å². The number of nitrogens with two attached hydrogens (primary N) is 1. The predicted octanol–water partition coefficient (Wildman–Crippen LogP) is 3.79. The average molecular weight is 410 g/mol. The third-order valence-electron chi connectivity index (χ3n) is 2.25. The minimum absolute atomic E-state index is 0.155. The topological polar surface area (TPSA) is 81.0 Å². The summed E-state index contributed by atoms with van der Waals surface area (Å²) in [4.78, 5) is 12.1. The first-order chi connectivity index (χ1) is 12.2. The number of halogens is 2. The van der Waals surface area contributed by atoms with E-state index in [-0.39, 0.29) is 5.75 Å². The van der Waals surface area contributed by atoms with E-state index < -0.39 is 42.7 Å². The summed E-state index contributed by atoms with van der Waals surface area (Å²) in [5, 5.41) is 5.60. The molecule has 106 valence electrons. The predicted molar refractivity (Wildman–Crippen MR) is 85.3 cm³/mol. The number of aromatic amines is 1. The molecule has 0 unspecified atom stereocenters. The van der Waals surface area contributed by atoms with E-state index in [0.717, 1.165) is 0 Å². The van der Waals surface area contributed by atoms with Crippen molar-refractivity contribution in [2.45, 2.75) is 19.6 Å². The molecule has 1 aromatic carbocycles. The first kappa shape index (κ1) is 8.19. The van der Waals surface area contributed by atoms with Crippen molar-refractivity contribution in [2.75, 3.05) is 5.73 Å². The van der Waals surface area contributed by atoms with Crippen LogP contribution in [-0.4, -0.2) is 10.2 Å². The fourth-order valence-electron chi connectivity index (χ4n) is 1.39. The summed E-state index contributed by atoms with van der Waals surface area (Å²) in [7, 11) is 0. The smallest absolute Gasteiger partial charge is 0.267 e. The highest BCUT2D eigenvalue weighted by Crippen LogP contribution is 2.38. The maximum atomic E-state index is 12.1. The van der Waals surface area contributed by atoms with Crippen LogP contribution in [0.4, 0.5) is 5.69 Å². The van der Waals surface area contributed by atoms with E-state index in [2.05, 4.69) is 37.0 Å². The number of nitrogen functional groups attached to an aromatic ring is 1. The summed E-state index contributed by atoms with van der Waals surface area (Å²) in [6.45, 7) is -6.09. The van der Waals surface area contributed by atoms with E-state index in [4.69, 9.17) is 20.1 Å². The Bertz CT molecular complexity index is 891. The quantitative estimate of drug-likeness (QED) is 0.755. The van der Waals surface area contributed by atoms with Gasteiger partial charge in [-0.2, -0.15) is 0 Å². The van der Waals surface area contributed by atoms with Crippen LogP contribution in [0.25, 0.3) is 0 Å². The molecule has 0 radical (unpaired) electrons. The molecule has 1 heterocycles. The van der Waals surface area contributed by atoms with E-state index in [0.29, 0.717) is 14.6 Å². The van der Waals surface area contributed by atoms with Crippen LogP contribution < -0.4 is 16.0 Å². The van der Waals surface area contributed by atoms with Gasteiger partial charge < -0.3 is 10.5 Å². The van der Waals surface area contributed by atoms with E-state index in [1.165, 1.54) is 12.1 Å². The van der Waals surface area contributed by atoms with Crippen molar-refractivity contribution in [1.82, 2.24) is 10.2 Å². The first-order valence-electron chi connectivity index (χ1n) is 8.75. The van der Waals surface area contributed by atoms with Gasteiger partial charge in [0.25, 0.3) is 5.56 Å². The highest BCUT2D eigenvalue weighted by Gasteiger charge is 2.13. The molecule has 0 saturated heterocycles. The van der Waals surface area contributed by atoms with Gasteiger partial charge in [-0.1, -0.05) is 13.7 Å². The van der Waals surface area contributed by atoms with Crippen LogP contribution in [0, 0.1) is 0 Å². The molecule has 1 aromatic heterocycles. The zero-order valence-corrected chi connectivity index (χ0v) is 13.0. The normalized spacial score (nSPS) is 17.2. The summed E-state index contributed by atoms with van der Waals surface area (Å²) in [6.07, 6.45) is 0. The van der Waals surface area contributed by atoms with Crippen molar-refractivity contribution in [1.29, 1.82) is 0 Å². The maximum absolute atomic E-state index is 12.1. The SMILES string of the molecule is [2H]c1c(Oc2c(Br)cc(N)cc2Br)n[nH]c(=O)c1C(C([2H])([2H])[2H])C([2H])([2H])[2H]. The van der Waals surface area contributed by atoms with Crippen molar-refractivity contribution < 1.29 is 14.3 Å². The zero-order chi connectivity index (χ0) is 20.7. The van der Waals surface area contributed by atoms with Gasteiger partial charge in [0, 0.05) is 25.5 Å². The molecule has 7 heteroatoms. The van der Waals surface area contributed by atoms with Gasteiger partial charge in [0.05, 0.1) is 10.3 Å². The number of nitrogens with zero attached hydrogens (tertiary/aromatic N) is 1. The van der Waals surface area contributed by atoms with Crippen LogP contribution in [0.3, 0.4) is 0 Å². The molecule has 0 amide bonds. The lowest BCUT2D eigenvalue weighted by Crippen LogP contribution is -2.15. The van der Waals surface area contributed by atoms with Crippen molar-refractivity contribution in [3.05, 3.63) is 43.0 Å². The Labute approximate surface area is 142 Å². The molecule has 0 aliphatic heterocycles. The largest absolute Gasteiger partial charge is 0.435 e. The summed E-state index contributed by atoms with van der Waals surface area (Å²) in [6, 6.07) is 2.31. The fourth-order valence-corrected chi connectivity index (χ4v) is 2.77. The van der Waals surface area contributed by atoms with Crippen LogP contribution in [0.15, 0.2) is 31.9 Å². The van der Waals surface area contributed by atoms with Gasteiger partial charge in [-0.15, -0.1) is 5.10 Å². The minimum Gasteiger partial charge on any atom is -0.435 e. The third kappa shape index (κ3) is 3.21. The van der Waals surface area contributed by atoms with E-state index >= 15 is 0 Å². The second-order valence-corrected chi connectivity index (χ2v) is 5.45. The highest BCUT2D eigenvalue weighted by molar-refractivity contribution is 9.11. The van der Waals surface area contributed by atoms with Crippen LogP contribution in [0.1, 0.15) is 34.8 Å². The standard InChI is InChI=1S/C13H13Br2N3O2/c1-6(2)8-5-11(17-18-13(8)19)20-12-9(14)3-7(16)4-10(12)15/h3-6H,16H2,1-2H3,(H,18,19)/i1D3,2D3,5D. The lowest BCUT2D eigenvalue weighted by Gasteiger charge is -2.11. The number of anilines is 1. The molecule has 0 fully saturated rings.